The largest absolute Gasteiger partial charge is 0.0775 e. The number of halogens is 2. The van der Waals surface area contributed by atoms with Crippen LogP contribution in [0.2, 0.25) is 0 Å². The third-order valence-electron chi connectivity index (χ3n) is 0.137. The Balaban J connectivity index is 2.34. The van der Waals surface area contributed by atoms with Gasteiger partial charge in [0.15, 0.2) is 0 Å². The van der Waals surface area contributed by atoms with Crippen LogP contribution in [0.25, 0.3) is 0 Å². The molecule has 0 aliphatic carbocycles. The maximum absolute atomic E-state index is 2.29. The van der Waals surface area contributed by atoms with Gasteiger partial charge in [-0.3, -0.25) is 0 Å². The minimum absolute atomic E-state index is 1.19. The minimum Gasteiger partial charge on any atom is -0.0775 e. The average molecular weight is 364 g/mol. The lowest BCUT2D eigenvalue weighted by Gasteiger charge is -1.82. The summed E-state index contributed by atoms with van der Waals surface area (Å²) in [5.74, 6) is 0. The first-order chi connectivity index (χ1) is 2.91. The highest BCUT2D eigenvalue weighted by molar-refractivity contribution is 14.2. The summed E-state index contributed by atoms with van der Waals surface area (Å²) >= 11 is 4.56. The fourth-order valence-corrected chi connectivity index (χ4v) is 6.59. The molecule has 0 aromatic heterocycles. The summed E-state index contributed by atoms with van der Waals surface area (Å²) in [7, 11) is 5.49. The predicted octanol–water partition coefficient (Wildman–Crippen LogP) is 3.76. The molecule has 0 aromatic rings. The Hall–Kier alpha value is 2.51. The molecule has 0 N–H and O–H groups in total. The quantitative estimate of drug-likeness (QED) is 0.324. The van der Waals surface area contributed by atoms with Gasteiger partial charge in [-0.2, -0.15) is 0 Å². The van der Waals surface area contributed by atoms with Crippen LogP contribution >= 0.6 is 70.1 Å². The predicted molar refractivity (Wildman–Crippen MR) is 55.7 cm³/mol. The van der Waals surface area contributed by atoms with Gasteiger partial charge in [-0.1, -0.05) is 19.7 Å². The van der Waals surface area contributed by atoms with Crippen molar-refractivity contribution in [3.63, 3.8) is 0 Å². The van der Waals surface area contributed by atoms with Gasteiger partial charge in [-0.15, -0.1) is 0 Å². The van der Waals surface area contributed by atoms with E-state index in [1.165, 1.54) is 5.08 Å². The first-order valence-corrected chi connectivity index (χ1v) is 9.44. The third-order valence-corrected chi connectivity index (χ3v) is 6.68. The average Bonchev–Trinajstić information content (AvgIpc) is 1.61. The molecule has 0 atom stereocenters. The molecule has 38 valence electrons. The second-order valence-corrected chi connectivity index (χ2v) is 8.12. The number of hydrogen-bond donors (Lipinski definition) is 0. The highest BCUT2D eigenvalue weighted by Gasteiger charge is 1.79. The summed E-state index contributed by atoms with van der Waals surface area (Å²) in [6.07, 6.45) is 0. The Bertz CT molecular complexity index is 20.8. The molecule has 0 heterocycles. The first-order valence-electron chi connectivity index (χ1n) is 1.05. The van der Waals surface area contributed by atoms with Crippen LogP contribution in [0.15, 0.2) is 0 Å². The van der Waals surface area contributed by atoms with Crippen LogP contribution in [0.5, 0.6) is 0 Å². The van der Waals surface area contributed by atoms with E-state index in [9.17, 15) is 0 Å². The maximum Gasteiger partial charge on any atom is 0.0604 e. The summed E-state index contributed by atoms with van der Waals surface area (Å²) in [6.45, 7) is 0. The Morgan fingerprint density at radius 3 is 2.17 bits per heavy atom. The molecule has 0 rings (SSSR count). The molecule has 0 aliphatic rings. The van der Waals surface area contributed by atoms with Crippen LogP contribution in [0.3, 0.4) is 0 Å². The maximum atomic E-state index is 2.29. The molecule has 0 nitrogen and oxygen atoms in total. The molecule has 0 spiro atoms. The molecule has 0 bridgehead atoms. The van der Waals surface area contributed by atoms with Crippen molar-refractivity contribution in [1.82, 2.24) is 0 Å². The van der Waals surface area contributed by atoms with E-state index in [4.69, 9.17) is 0 Å². The van der Waals surface area contributed by atoms with E-state index in [0.717, 1.165) is 0 Å². The number of hydrogen-bond acceptors (Lipinski definition) is 3. The van der Waals surface area contributed by atoms with Gasteiger partial charge in [0.05, 0.1) is 5.08 Å². The van der Waals surface area contributed by atoms with E-state index >= 15 is 0 Å². The molecule has 6 heavy (non-hydrogen) atoms. The lowest BCUT2D eigenvalue weighted by molar-refractivity contribution is 2.36. The van der Waals surface area contributed by atoms with E-state index < -0.39 is 0 Å². The topological polar surface area (TPSA) is 0 Å². The van der Waals surface area contributed by atoms with Crippen molar-refractivity contribution in [2.75, 3.05) is 5.08 Å². The fraction of sp³-hybridized carbons (Fsp3) is 1.00. The molecule has 0 radical (unpaired) electrons. The molecule has 0 amide bonds. The second kappa shape index (κ2) is 7.51. The van der Waals surface area contributed by atoms with Crippen molar-refractivity contribution in [2.45, 2.75) is 0 Å². The van der Waals surface area contributed by atoms with Gasteiger partial charge in [-0.05, 0) is 29.2 Å². The van der Waals surface area contributed by atoms with Gasteiger partial charge in [0.1, 0.15) is 0 Å². The molecule has 0 saturated heterocycles. The lowest BCUT2D eigenvalue weighted by Crippen LogP contribution is -1.46. The smallest absolute Gasteiger partial charge is 0.0604 e. The van der Waals surface area contributed by atoms with E-state index in [-0.39, 0.29) is 0 Å². The summed E-state index contributed by atoms with van der Waals surface area (Å²) < 4.78 is 0. The van der Waals surface area contributed by atoms with Crippen molar-refractivity contribution in [1.29, 1.82) is 0 Å². The highest BCUT2D eigenvalue weighted by Crippen LogP contribution is 2.33. The van der Waals surface area contributed by atoms with Crippen LogP contribution in [0, 0.1) is 0 Å². The molecule has 0 unspecified atom stereocenters. The zero-order valence-electron chi connectivity index (χ0n) is 2.69. The molecule has 0 aromatic carbocycles. The van der Waals surface area contributed by atoms with Crippen LogP contribution in [-0.4, -0.2) is 5.08 Å². The van der Waals surface area contributed by atoms with Crippen molar-refractivity contribution < 1.29 is 0 Å². The summed E-state index contributed by atoms with van der Waals surface area (Å²) in [4.78, 5) is 0. The zero-order valence-corrected chi connectivity index (χ0v) is 9.45. The first kappa shape index (κ1) is 8.51. The molecule has 0 fully saturated rings. The lowest BCUT2D eigenvalue weighted by atomic mass is 11.9. The van der Waals surface area contributed by atoms with Crippen LogP contribution in [0.4, 0.5) is 0 Å². The second-order valence-electron chi connectivity index (χ2n) is 0.408. The summed E-state index contributed by atoms with van der Waals surface area (Å²) in [5.41, 5.74) is 0. The zero-order chi connectivity index (χ0) is 4.83. The van der Waals surface area contributed by atoms with Crippen molar-refractivity contribution in [2.24, 2.45) is 0 Å². The van der Waals surface area contributed by atoms with Gasteiger partial charge < -0.3 is 0 Å². The standard InChI is InChI=1S/CH2I2S3/c2-4-1-5-6-3/h1H2. The van der Waals surface area contributed by atoms with Gasteiger partial charge in [0.25, 0.3) is 0 Å². The van der Waals surface area contributed by atoms with Crippen LogP contribution < -0.4 is 0 Å². The van der Waals surface area contributed by atoms with Gasteiger partial charge in [0, 0.05) is 21.2 Å². The Kier molecular flexibility index (Phi) is 10.7. The highest BCUT2D eigenvalue weighted by atomic mass is 127. The van der Waals surface area contributed by atoms with Gasteiger partial charge in [0.2, 0.25) is 0 Å². The van der Waals surface area contributed by atoms with Crippen molar-refractivity contribution in [3.05, 3.63) is 0 Å². The SMILES string of the molecule is ISCSSI. The van der Waals surface area contributed by atoms with E-state index in [0.29, 0.717) is 0 Å². The normalized spacial score (nSPS) is 9.00. The van der Waals surface area contributed by atoms with Crippen molar-refractivity contribution >= 4 is 70.1 Å². The Morgan fingerprint density at radius 1 is 1.33 bits per heavy atom. The molecular formula is CH2I2S3. The van der Waals surface area contributed by atoms with Gasteiger partial charge >= 0.3 is 0 Å². The molecular weight excluding hydrogens is 362 g/mol. The van der Waals surface area contributed by atoms with E-state index in [2.05, 4.69) is 42.4 Å². The van der Waals surface area contributed by atoms with Crippen molar-refractivity contribution in [3.8, 4) is 0 Å². The van der Waals surface area contributed by atoms with Crippen LogP contribution in [-0.2, 0) is 0 Å². The fourth-order valence-electron chi connectivity index (χ4n) is 0.0364. The Labute approximate surface area is 73.9 Å². The summed E-state index contributed by atoms with van der Waals surface area (Å²) in [5, 5.41) is 1.19. The number of rotatable bonds is 3. The minimum atomic E-state index is 1.19. The van der Waals surface area contributed by atoms with Crippen LogP contribution in [0.1, 0.15) is 0 Å². The monoisotopic (exact) mass is 364 g/mol. The molecule has 0 aliphatic heterocycles. The molecule has 0 saturated carbocycles. The van der Waals surface area contributed by atoms with E-state index in [1.54, 1.807) is 7.97 Å². The van der Waals surface area contributed by atoms with Gasteiger partial charge in [-0.25, -0.2) is 0 Å². The third kappa shape index (κ3) is 6.51. The Morgan fingerprint density at radius 2 is 2.00 bits per heavy atom. The van der Waals surface area contributed by atoms with E-state index in [1.807, 2.05) is 19.7 Å². The molecule has 5 heteroatoms. The summed E-state index contributed by atoms with van der Waals surface area (Å²) in [6, 6.07) is 0.